The first kappa shape index (κ1) is 17.8. The molecule has 108 valence electrons. The molecule has 0 rings (SSSR count). The van der Waals surface area contributed by atoms with E-state index >= 15 is 0 Å². The Morgan fingerprint density at radius 2 is 1.89 bits per heavy atom. The Bertz CT molecular complexity index is 457. The maximum atomic E-state index is 12.0. The molecule has 0 N–H and O–H groups in total. The first-order valence-electron chi connectivity index (χ1n) is 5.76. The van der Waals surface area contributed by atoms with Gasteiger partial charge in [-0.25, -0.2) is 8.42 Å². The summed E-state index contributed by atoms with van der Waals surface area (Å²) in [6, 6.07) is 1.56. The second kappa shape index (κ2) is 7.40. The monoisotopic (exact) mass is 295 g/mol. The third-order valence-corrected chi connectivity index (χ3v) is 4.62. The Balaban J connectivity index is 4.44. The first-order valence-corrected chi connectivity index (χ1v) is 7.48. The van der Waals surface area contributed by atoms with Gasteiger partial charge in [0.05, 0.1) is 18.2 Å². The van der Waals surface area contributed by atoms with Crippen LogP contribution in [0, 0.1) is 29.6 Å². The topological polar surface area (TPSA) is 57.9 Å². The molecule has 0 saturated carbocycles. The molecule has 19 heavy (non-hydrogen) atoms. The smallest absolute Gasteiger partial charge is 0.227 e. The molecular formula is C12H16F3NO2S. The lowest BCUT2D eigenvalue weighted by Crippen LogP contribution is -2.26. The van der Waals surface area contributed by atoms with Crippen LogP contribution in [0.25, 0.3) is 0 Å². The van der Waals surface area contributed by atoms with Crippen LogP contribution >= 0.6 is 0 Å². The second-order valence-corrected chi connectivity index (χ2v) is 6.65. The van der Waals surface area contributed by atoms with E-state index in [-0.39, 0.29) is 12.3 Å². The van der Waals surface area contributed by atoms with Gasteiger partial charge >= 0.3 is 6.18 Å². The van der Waals surface area contributed by atoms with Crippen LogP contribution in [0.5, 0.6) is 0 Å². The number of halogens is 3. The summed E-state index contributed by atoms with van der Waals surface area (Å²) in [5, 5.41) is 7.37. The Labute approximate surface area is 111 Å². The van der Waals surface area contributed by atoms with Crippen LogP contribution in [-0.4, -0.2) is 25.6 Å². The van der Waals surface area contributed by atoms with Crippen molar-refractivity contribution in [2.75, 3.05) is 5.75 Å². The summed E-state index contributed by atoms with van der Waals surface area (Å²) < 4.78 is 59.1. The minimum absolute atomic E-state index is 0.0166. The van der Waals surface area contributed by atoms with Crippen molar-refractivity contribution in [3.8, 4) is 18.4 Å². The van der Waals surface area contributed by atoms with Crippen LogP contribution < -0.4 is 0 Å². The summed E-state index contributed by atoms with van der Waals surface area (Å²) in [5.74, 6) is 1.37. The molecule has 0 aromatic rings. The molecule has 0 aliphatic heterocycles. The van der Waals surface area contributed by atoms with Crippen molar-refractivity contribution in [2.24, 2.45) is 5.92 Å². The molecule has 0 saturated heterocycles. The summed E-state index contributed by atoms with van der Waals surface area (Å²) in [7, 11) is -4.04. The molecule has 0 bridgehead atoms. The largest absolute Gasteiger partial charge is 0.390 e. The van der Waals surface area contributed by atoms with E-state index in [1.807, 2.05) is 0 Å². The van der Waals surface area contributed by atoms with E-state index in [9.17, 15) is 21.6 Å². The third kappa shape index (κ3) is 7.74. The average Bonchev–Trinajstić information content (AvgIpc) is 2.30. The van der Waals surface area contributed by atoms with Crippen molar-refractivity contribution < 1.29 is 21.6 Å². The fourth-order valence-corrected chi connectivity index (χ4v) is 2.90. The number of rotatable bonds is 7. The molecule has 3 nitrogen and oxygen atoms in total. The van der Waals surface area contributed by atoms with Crippen molar-refractivity contribution in [1.29, 1.82) is 5.26 Å². The summed E-state index contributed by atoms with van der Waals surface area (Å²) in [6.07, 6.45) is 0.145. The quantitative estimate of drug-likeness (QED) is 0.678. The zero-order chi connectivity index (χ0) is 15.1. The highest BCUT2D eigenvalue weighted by Crippen LogP contribution is 2.22. The summed E-state index contributed by atoms with van der Waals surface area (Å²) >= 11 is 0. The van der Waals surface area contributed by atoms with E-state index < -0.39 is 33.4 Å². The minimum Gasteiger partial charge on any atom is -0.227 e. The molecule has 2 unspecified atom stereocenters. The number of terminal acetylenes is 1. The van der Waals surface area contributed by atoms with Gasteiger partial charge in [-0.2, -0.15) is 18.4 Å². The van der Waals surface area contributed by atoms with Crippen LogP contribution in [-0.2, 0) is 9.84 Å². The van der Waals surface area contributed by atoms with E-state index in [4.69, 9.17) is 11.7 Å². The summed E-state index contributed by atoms with van der Waals surface area (Å²) in [5.41, 5.74) is 0. The molecule has 0 heterocycles. The average molecular weight is 295 g/mol. The van der Waals surface area contributed by atoms with Crippen molar-refractivity contribution in [1.82, 2.24) is 0 Å². The number of hydrogen-bond donors (Lipinski definition) is 0. The number of sulfone groups is 1. The van der Waals surface area contributed by atoms with E-state index in [0.717, 1.165) is 0 Å². The molecule has 2 atom stereocenters. The zero-order valence-electron chi connectivity index (χ0n) is 10.6. The van der Waals surface area contributed by atoms with Crippen molar-refractivity contribution in [3.63, 3.8) is 0 Å². The molecule has 7 heteroatoms. The van der Waals surface area contributed by atoms with Crippen LogP contribution in [0.15, 0.2) is 0 Å². The van der Waals surface area contributed by atoms with Gasteiger partial charge in [0.2, 0.25) is 0 Å². The molecule has 0 amide bonds. The first-order chi connectivity index (χ1) is 8.62. The molecule has 0 aromatic heterocycles. The normalized spacial score (nSPS) is 15.3. The van der Waals surface area contributed by atoms with Gasteiger partial charge in [0, 0.05) is 5.92 Å². The van der Waals surface area contributed by atoms with Gasteiger partial charge in [0.1, 0.15) is 5.25 Å². The van der Waals surface area contributed by atoms with Crippen LogP contribution in [0.1, 0.15) is 32.6 Å². The van der Waals surface area contributed by atoms with Gasteiger partial charge in [0.15, 0.2) is 9.84 Å². The Hall–Kier alpha value is -1.21. The van der Waals surface area contributed by atoms with Gasteiger partial charge < -0.3 is 0 Å². The highest BCUT2D eigenvalue weighted by molar-refractivity contribution is 7.92. The summed E-state index contributed by atoms with van der Waals surface area (Å²) in [6.45, 7) is 1.78. The molecular weight excluding hydrogens is 279 g/mol. The van der Waals surface area contributed by atoms with Crippen molar-refractivity contribution in [3.05, 3.63) is 0 Å². The number of hydrogen-bond acceptors (Lipinski definition) is 3. The van der Waals surface area contributed by atoms with Crippen LogP contribution in [0.4, 0.5) is 13.2 Å². The Morgan fingerprint density at radius 1 is 1.32 bits per heavy atom. The third-order valence-electron chi connectivity index (χ3n) is 2.64. The van der Waals surface area contributed by atoms with E-state index in [1.54, 1.807) is 13.0 Å². The summed E-state index contributed by atoms with van der Waals surface area (Å²) in [4.78, 5) is 0. The Kier molecular flexibility index (Phi) is 6.93. The molecule has 0 aromatic carbocycles. The number of nitrogens with zero attached hydrogens (tertiary/aromatic N) is 1. The second-order valence-electron chi connectivity index (χ2n) is 4.35. The molecule has 0 fully saturated rings. The standard InChI is InChI=1S/C12H16F3NO2S/c1-3-10(2)5-4-6-11(9-16)19(17,18)8-7-12(13,14)15/h1,10-11H,4-8H2,2H3. The maximum absolute atomic E-state index is 12.0. The van der Waals surface area contributed by atoms with Gasteiger partial charge in [-0.05, 0) is 19.3 Å². The van der Waals surface area contributed by atoms with E-state index in [0.29, 0.717) is 12.8 Å². The number of alkyl halides is 3. The lowest BCUT2D eigenvalue weighted by molar-refractivity contribution is -0.129. The van der Waals surface area contributed by atoms with E-state index in [1.165, 1.54) is 0 Å². The van der Waals surface area contributed by atoms with Crippen molar-refractivity contribution in [2.45, 2.75) is 44.0 Å². The fraction of sp³-hybridized carbons (Fsp3) is 0.750. The molecule has 0 spiro atoms. The van der Waals surface area contributed by atoms with E-state index in [2.05, 4.69) is 5.92 Å². The minimum atomic E-state index is -4.54. The predicted octanol–water partition coefficient (Wildman–Crippen LogP) is 2.69. The van der Waals surface area contributed by atoms with Crippen LogP contribution in [0.3, 0.4) is 0 Å². The molecule has 0 aliphatic carbocycles. The Morgan fingerprint density at radius 3 is 2.32 bits per heavy atom. The fourth-order valence-electron chi connectivity index (χ4n) is 1.42. The lowest BCUT2D eigenvalue weighted by atomic mass is 10.0. The maximum Gasteiger partial charge on any atom is 0.390 e. The van der Waals surface area contributed by atoms with Gasteiger partial charge in [0.25, 0.3) is 0 Å². The number of nitriles is 1. The zero-order valence-corrected chi connectivity index (χ0v) is 11.4. The van der Waals surface area contributed by atoms with Gasteiger partial charge in [-0.15, -0.1) is 12.3 Å². The van der Waals surface area contributed by atoms with Gasteiger partial charge in [-0.3, -0.25) is 0 Å². The molecule has 0 radical (unpaired) electrons. The van der Waals surface area contributed by atoms with Crippen LogP contribution in [0.2, 0.25) is 0 Å². The lowest BCUT2D eigenvalue weighted by Gasteiger charge is -2.12. The highest BCUT2D eigenvalue weighted by Gasteiger charge is 2.33. The highest BCUT2D eigenvalue weighted by atomic mass is 32.2. The van der Waals surface area contributed by atoms with Gasteiger partial charge in [-0.1, -0.05) is 6.92 Å². The molecule has 0 aliphatic rings. The SMILES string of the molecule is C#CC(C)CCCC(C#N)S(=O)(=O)CCC(F)(F)F. The van der Waals surface area contributed by atoms with Crippen molar-refractivity contribution >= 4 is 9.84 Å². The predicted molar refractivity (Wildman–Crippen MR) is 65.7 cm³/mol.